The molecule has 4 heterocycles. The molecule has 4 aromatic rings. The van der Waals surface area contributed by atoms with Gasteiger partial charge in [0.2, 0.25) is 0 Å². The van der Waals surface area contributed by atoms with E-state index in [4.69, 9.17) is 5.73 Å². The minimum absolute atomic E-state index is 0.0199. The molecule has 2 N–H and O–H groups in total. The summed E-state index contributed by atoms with van der Waals surface area (Å²) in [6, 6.07) is 9.59. The van der Waals surface area contributed by atoms with Crippen molar-refractivity contribution >= 4 is 39.0 Å². The van der Waals surface area contributed by atoms with Crippen LogP contribution < -0.4 is 10.6 Å². The number of anilines is 2. The van der Waals surface area contributed by atoms with Gasteiger partial charge < -0.3 is 15.5 Å². The Bertz CT molecular complexity index is 1280. The lowest BCUT2D eigenvalue weighted by Gasteiger charge is -2.33. The van der Waals surface area contributed by atoms with Crippen LogP contribution in [0.3, 0.4) is 0 Å². The first-order valence-electron chi connectivity index (χ1n) is 10.5. The predicted molar refractivity (Wildman–Crippen MR) is 127 cm³/mol. The van der Waals surface area contributed by atoms with Gasteiger partial charge in [0.05, 0.1) is 16.8 Å². The van der Waals surface area contributed by atoms with Crippen LogP contribution in [0.25, 0.3) is 21.3 Å². The highest BCUT2D eigenvalue weighted by Gasteiger charge is 2.17. The Hall–Kier alpha value is -3.43. The first kappa shape index (κ1) is 20.5. The summed E-state index contributed by atoms with van der Waals surface area (Å²) >= 11 is 1.43. The first-order chi connectivity index (χ1) is 15.5. The number of carbonyl (C=O) groups is 1. The number of ketones is 1. The van der Waals surface area contributed by atoms with Gasteiger partial charge in [0, 0.05) is 55.7 Å². The Labute approximate surface area is 189 Å². The van der Waals surface area contributed by atoms with E-state index in [1.54, 1.807) is 24.7 Å². The van der Waals surface area contributed by atoms with Crippen LogP contribution in [0, 0.1) is 0 Å². The van der Waals surface area contributed by atoms with Crippen LogP contribution in [0.2, 0.25) is 0 Å². The summed E-state index contributed by atoms with van der Waals surface area (Å²) in [5.74, 6) is 1.33. The largest absolute Gasteiger partial charge is 0.375 e. The van der Waals surface area contributed by atoms with Gasteiger partial charge in [-0.3, -0.25) is 4.79 Å². The minimum Gasteiger partial charge on any atom is -0.375 e. The maximum atomic E-state index is 13.0. The lowest BCUT2D eigenvalue weighted by Crippen LogP contribution is -2.44. The normalized spacial score (nSPS) is 14.7. The maximum Gasteiger partial charge on any atom is 0.180 e. The van der Waals surface area contributed by atoms with Crippen LogP contribution in [0.4, 0.5) is 10.9 Å². The van der Waals surface area contributed by atoms with E-state index in [2.05, 4.69) is 36.8 Å². The number of hydrogen-bond acceptors (Lipinski definition) is 9. The third kappa shape index (κ3) is 4.30. The molecule has 0 radical (unpaired) electrons. The van der Waals surface area contributed by atoms with Gasteiger partial charge in [-0.2, -0.15) is 0 Å². The number of aromatic nitrogens is 4. The van der Waals surface area contributed by atoms with E-state index in [-0.39, 0.29) is 12.2 Å². The fraction of sp³-hybridized carbons (Fsp3) is 0.261. The van der Waals surface area contributed by atoms with Crippen LogP contribution in [0.15, 0.2) is 48.9 Å². The molecular formula is C23H23N7OS. The molecule has 1 aromatic carbocycles. The lowest BCUT2D eigenvalue weighted by atomic mass is 10.1. The molecule has 162 valence electrons. The molecule has 1 saturated heterocycles. The highest BCUT2D eigenvalue weighted by Crippen LogP contribution is 2.29. The Morgan fingerprint density at radius 2 is 1.91 bits per heavy atom. The van der Waals surface area contributed by atoms with Gasteiger partial charge in [-0.1, -0.05) is 23.5 Å². The van der Waals surface area contributed by atoms with E-state index in [0.717, 1.165) is 53.3 Å². The number of Topliss-reactive ketones (excluding diaryl/α,β-unsaturated/α-hetero) is 1. The molecule has 1 aliphatic rings. The van der Waals surface area contributed by atoms with Gasteiger partial charge >= 0.3 is 0 Å². The lowest BCUT2D eigenvalue weighted by molar-refractivity contribution is 0.0991. The Morgan fingerprint density at radius 3 is 2.69 bits per heavy atom. The second-order valence-corrected chi connectivity index (χ2v) is 8.98. The van der Waals surface area contributed by atoms with Crippen molar-refractivity contribution in [3.8, 4) is 10.4 Å². The zero-order valence-corrected chi connectivity index (χ0v) is 18.5. The predicted octanol–water partition coefficient (Wildman–Crippen LogP) is 2.91. The highest BCUT2D eigenvalue weighted by molar-refractivity contribution is 7.18. The van der Waals surface area contributed by atoms with Crippen molar-refractivity contribution in [2.45, 2.75) is 6.42 Å². The topological polar surface area (TPSA) is 101 Å². The Kier molecular flexibility index (Phi) is 5.50. The molecule has 0 atom stereocenters. The van der Waals surface area contributed by atoms with Gasteiger partial charge in [0.25, 0.3) is 0 Å². The molecule has 5 rings (SSSR count). The summed E-state index contributed by atoms with van der Waals surface area (Å²) in [6.45, 7) is 3.78. The molecular weight excluding hydrogens is 422 g/mol. The van der Waals surface area contributed by atoms with Gasteiger partial charge in [-0.15, -0.1) is 0 Å². The summed E-state index contributed by atoms with van der Waals surface area (Å²) in [7, 11) is 2.12. The third-order valence-corrected chi connectivity index (χ3v) is 6.53. The standard InChI is InChI=1S/C23H23N7OS/c1-29-6-8-30(9-7-29)22-11-15(4-5-25-22)19(31)12-21-26-13-17-3-2-16(10-18(17)28-21)20-14-27-23(24)32-20/h2-5,10-11,13-14H,6-9,12H2,1H3,(H2,24,27). The Balaban J connectivity index is 1.36. The van der Waals surface area contributed by atoms with Gasteiger partial charge in [0.1, 0.15) is 11.6 Å². The molecule has 9 heteroatoms. The van der Waals surface area contributed by atoms with Crippen LogP contribution in [-0.2, 0) is 6.42 Å². The average Bonchev–Trinajstić information content (AvgIpc) is 3.25. The van der Waals surface area contributed by atoms with E-state index < -0.39 is 0 Å². The number of rotatable bonds is 5. The van der Waals surface area contributed by atoms with Crippen LogP contribution in [0.5, 0.6) is 0 Å². The van der Waals surface area contributed by atoms with Crippen LogP contribution >= 0.6 is 11.3 Å². The number of piperazine rings is 1. The van der Waals surface area contributed by atoms with Crippen molar-refractivity contribution in [1.82, 2.24) is 24.8 Å². The van der Waals surface area contributed by atoms with E-state index in [0.29, 0.717) is 16.5 Å². The molecule has 1 fully saturated rings. The number of hydrogen-bond donors (Lipinski definition) is 1. The summed E-state index contributed by atoms with van der Waals surface area (Å²) in [5, 5.41) is 1.45. The molecule has 0 bridgehead atoms. The maximum absolute atomic E-state index is 13.0. The number of likely N-dealkylation sites (N-methyl/N-ethyl adjacent to an activating group) is 1. The highest BCUT2D eigenvalue weighted by atomic mass is 32.1. The van der Waals surface area contributed by atoms with Crippen molar-refractivity contribution in [3.05, 3.63) is 60.3 Å². The molecule has 32 heavy (non-hydrogen) atoms. The van der Waals surface area contributed by atoms with Gasteiger partial charge in [-0.25, -0.2) is 19.9 Å². The van der Waals surface area contributed by atoms with Crippen molar-refractivity contribution in [2.24, 2.45) is 0 Å². The molecule has 0 aliphatic carbocycles. The quantitative estimate of drug-likeness (QED) is 0.468. The number of nitrogen functional groups attached to an aromatic ring is 1. The van der Waals surface area contributed by atoms with Gasteiger partial charge in [0.15, 0.2) is 10.9 Å². The number of carbonyl (C=O) groups excluding carboxylic acids is 1. The molecule has 1 aliphatic heterocycles. The molecule has 0 spiro atoms. The van der Waals surface area contributed by atoms with E-state index in [1.807, 2.05) is 24.3 Å². The fourth-order valence-electron chi connectivity index (χ4n) is 3.77. The second kappa shape index (κ2) is 8.60. The summed E-state index contributed by atoms with van der Waals surface area (Å²) in [4.78, 5) is 36.1. The van der Waals surface area contributed by atoms with Gasteiger partial charge in [-0.05, 0) is 30.8 Å². The number of nitrogens with two attached hydrogens (primary N) is 1. The number of thiazole rings is 1. The molecule has 0 unspecified atom stereocenters. The molecule has 0 saturated carbocycles. The van der Waals surface area contributed by atoms with E-state index >= 15 is 0 Å². The molecule has 3 aromatic heterocycles. The third-order valence-electron chi connectivity index (χ3n) is 5.65. The molecule has 8 nitrogen and oxygen atoms in total. The van der Waals surface area contributed by atoms with Crippen molar-refractivity contribution in [3.63, 3.8) is 0 Å². The van der Waals surface area contributed by atoms with Crippen LogP contribution in [0.1, 0.15) is 16.2 Å². The zero-order chi connectivity index (χ0) is 22.1. The average molecular weight is 446 g/mol. The smallest absolute Gasteiger partial charge is 0.180 e. The molecule has 0 amide bonds. The number of fused-ring (bicyclic) bond motifs is 1. The van der Waals surface area contributed by atoms with E-state index in [1.165, 1.54) is 11.3 Å². The Morgan fingerprint density at radius 1 is 1.06 bits per heavy atom. The summed E-state index contributed by atoms with van der Waals surface area (Å²) < 4.78 is 0. The van der Waals surface area contributed by atoms with E-state index in [9.17, 15) is 4.79 Å². The second-order valence-electron chi connectivity index (χ2n) is 7.92. The summed E-state index contributed by atoms with van der Waals surface area (Å²) in [5.41, 5.74) is 8.18. The summed E-state index contributed by atoms with van der Waals surface area (Å²) in [6.07, 6.45) is 5.36. The van der Waals surface area contributed by atoms with Crippen molar-refractivity contribution in [2.75, 3.05) is 43.9 Å². The zero-order valence-electron chi connectivity index (χ0n) is 17.7. The van der Waals surface area contributed by atoms with Crippen LogP contribution in [-0.4, -0.2) is 63.8 Å². The van der Waals surface area contributed by atoms with Crippen molar-refractivity contribution < 1.29 is 4.79 Å². The van der Waals surface area contributed by atoms with Crippen molar-refractivity contribution in [1.29, 1.82) is 0 Å². The monoisotopic (exact) mass is 445 g/mol. The first-order valence-corrected chi connectivity index (χ1v) is 11.3. The number of benzene rings is 1. The minimum atomic E-state index is -0.0199. The number of pyridine rings is 1. The number of nitrogens with zero attached hydrogens (tertiary/aromatic N) is 6. The fourth-order valence-corrected chi connectivity index (χ4v) is 4.45. The SMILES string of the molecule is CN1CCN(c2cc(C(=O)Cc3ncc4ccc(-c5cnc(N)s5)cc4n3)ccn2)CC1.